The fraction of sp³-hybridized carbons (Fsp3) is 0.533. The van der Waals surface area contributed by atoms with Crippen LogP contribution < -0.4 is 11.1 Å². The van der Waals surface area contributed by atoms with E-state index in [0.717, 1.165) is 4.31 Å². The molecule has 1 aromatic carbocycles. The number of nitrogens with two attached hydrogens (primary N) is 1. The Morgan fingerprint density at radius 1 is 1.29 bits per heavy atom. The van der Waals surface area contributed by atoms with Gasteiger partial charge in [-0.15, -0.1) is 12.4 Å². The van der Waals surface area contributed by atoms with E-state index in [-0.39, 0.29) is 23.2 Å². The highest BCUT2D eigenvalue weighted by Gasteiger charge is 2.36. The topological polar surface area (TPSA) is 102 Å². The fourth-order valence-corrected chi connectivity index (χ4v) is 3.51. The molecule has 136 valence electrons. The standard InChI is InChI=1S/C15H23N3O4S.ClH/c1-11-4-5-12(10-13(11)23(20,21)18(2)3)17-14(19)15(16)6-8-22-9-7-15;/h4-5,10H,6-9,16H2,1-3H3,(H,17,19);1H. The second kappa shape index (κ2) is 7.79. The maximum absolute atomic E-state index is 12.4. The SMILES string of the molecule is Cc1ccc(NC(=O)C2(N)CCOCC2)cc1S(=O)(=O)N(C)C.Cl. The normalized spacial score (nSPS) is 17.2. The van der Waals surface area contributed by atoms with Crippen LogP contribution in [0.3, 0.4) is 0 Å². The minimum Gasteiger partial charge on any atom is -0.381 e. The Kier molecular flexibility index (Phi) is 6.77. The van der Waals surface area contributed by atoms with Crippen LogP contribution in [0.2, 0.25) is 0 Å². The van der Waals surface area contributed by atoms with Crippen LogP contribution in [0.1, 0.15) is 18.4 Å². The van der Waals surface area contributed by atoms with Gasteiger partial charge in [-0.2, -0.15) is 0 Å². The molecule has 0 atom stereocenters. The summed E-state index contributed by atoms with van der Waals surface area (Å²) in [5, 5.41) is 2.73. The first-order valence-corrected chi connectivity index (χ1v) is 8.82. The monoisotopic (exact) mass is 377 g/mol. The molecule has 2 rings (SSSR count). The summed E-state index contributed by atoms with van der Waals surface area (Å²) in [6, 6.07) is 4.80. The summed E-state index contributed by atoms with van der Waals surface area (Å²) in [7, 11) is -0.637. The number of sulfonamides is 1. The van der Waals surface area contributed by atoms with E-state index in [4.69, 9.17) is 10.5 Å². The van der Waals surface area contributed by atoms with Gasteiger partial charge in [0.2, 0.25) is 15.9 Å². The van der Waals surface area contributed by atoms with E-state index >= 15 is 0 Å². The van der Waals surface area contributed by atoms with Crippen LogP contribution in [0.25, 0.3) is 0 Å². The predicted octanol–water partition coefficient (Wildman–Crippen LogP) is 1.11. The number of ether oxygens (including phenoxy) is 1. The minimum absolute atomic E-state index is 0. The van der Waals surface area contributed by atoms with Crippen molar-refractivity contribution in [3.05, 3.63) is 23.8 Å². The minimum atomic E-state index is -3.58. The van der Waals surface area contributed by atoms with Crippen LogP contribution in [0.4, 0.5) is 5.69 Å². The van der Waals surface area contributed by atoms with Gasteiger partial charge in [-0.1, -0.05) is 6.07 Å². The number of carbonyl (C=O) groups is 1. The highest BCUT2D eigenvalue weighted by Crippen LogP contribution is 2.24. The van der Waals surface area contributed by atoms with Crippen molar-refractivity contribution in [2.24, 2.45) is 5.73 Å². The molecule has 1 saturated heterocycles. The lowest BCUT2D eigenvalue weighted by atomic mass is 9.90. The Hall–Kier alpha value is -1.19. The van der Waals surface area contributed by atoms with Gasteiger partial charge in [0.05, 0.1) is 4.90 Å². The molecule has 0 unspecified atom stereocenters. The summed E-state index contributed by atoms with van der Waals surface area (Å²) in [6.45, 7) is 2.60. The highest BCUT2D eigenvalue weighted by molar-refractivity contribution is 7.89. The van der Waals surface area contributed by atoms with Crippen LogP contribution in [0, 0.1) is 6.92 Å². The van der Waals surface area contributed by atoms with Crippen molar-refractivity contribution in [3.63, 3.8) is 0 Å². The molecular weight excluding hydrogens is 354 g/mol. The van der Waals surface area contributed by atoms with Crippen molar-refractivity contribution in [2.75, 3.05) is 32.6 Å². The van der Waals surface area contributed by atoms with Gasteiger partial charge in [0.15, 0.2) is 0 Å². The van der Waals surface area contributed by atoms with Crippen LogP contribution >= 0.6 is 12.4 Å². The molecule has 0 spiro atoms. The third kappa shape index (κ3) is 4.25. The zero-order chi connectivity index (χ0) is 17.3. The van der Waals surface area contributed by atoms with Crippen molar-refractivity contribution in [3.8, 4) is 0 Å². The summed E-state index contributed by atoms with van der Waals surface area (Å²) < 4.78 is 31.0. The van der Waals surface area contributed by atoms with Crippen molar-refractivity contribution in [1.82, 2.24) is 4.31 Å². The maximum atomic E-state index is 12.4. The van der Waals surface area contributed by atoms with Crippen LogP contribution in [0.5, 0.6) is 0 Å². The molecule has 1 aliphatic heterocycles. The van der Waals surface area contributed by atoms with Crippen molar-refractivity contribution >= 4 is 34.0 Å². The Labute approximate surface area is 149 Å². The second-order valence-electron chi connectivity index (χ2n) is 5.99. The average molecular weight is 378 g/mol. The smallest absolute Gasteiger partial charge is 0.244 e. The first-order chi connectivity index (χ1) is 10.7. The van der Waals surface area contributed by atoms with Gasteiger partial charge in [-0.3, -0.25) is 4.79 Å². The average Bonchev–Trinajstić information content (AvgIpc) is 2.49. The molecule has 0 saturated carbocycles. The number of rotatable bonds is 4. The summed E-state index contributed by atoms with van der Waals surface area (Å²) in [5.74, 6) is -0.321. The molecule has 1 heterocycles. The van der Waals surface area contributed by atoms with Gasteiger partial charge in [0.25, 0.3) is 0 Å². The number of hydrogen-bond acceptors (Lipinski definition) is 5. The van der Waals surface area contributed by atoms with Crippen LogP contribution in [-0.2, 0) is 19.6 Å². The molecule has 1 aromatic rings. The quantitative estimate of drug-likeness (QED) is 0.818. The second-order valence-corrected chi connectivity index (χ2v) is 8.11. The number of hydrogen-bond donors (Lipinski definition) is 2. The van der Waals surface area contributed by atoms with Gasteiger partial charge >= 0.3 is 0 Å². The third-order valence-corrected chi connectivity index (χ3v) is 6.00. The molecule has 3 N–H and O–H groups in total. The number of anilines is 1. The summed E-state index contributed by atoms with van der Waals surface area (Å²) in [4.78, 5) is 12.6. The zero-order valence-electron chi connectivity index (χ0n) is 14.0. The Morgan fingerprint density at radius 3 is 2.42 bits per heavy atom. The number of benzene rings is 1. The lowest BCUT2D eigenvalue weighted by Gasteiger charge is -2.31. The summed E-state index contributed by atoms with van der Waals surface area (Å²) >= 11 is 0. The van der Waals surface area contributed by atoms with Gasteiger partial charge < -0.3 is 15.8 Å². The molecule has 7 nitrogen and oxygen atoms in total. The van der Waals surface area contributed by atoms with Gasteiger partial charge in [0.1, 0.15) is 5.54 Å². The van der Waals surface area contributed by atoms with E-state index < -0.39 is 15.6 Å². The predicted molar refractivity (Wildman–Crippen MR) is 94.9 cm³/mol. The van der Waals surface area contributed by atoms with Crippen molar-refractivity contribution in [2.45, 2.75) is 30.2 Å². The lowest BCUT2D eigenvalue weighted by molar-refractivity contribution is -0.124. The Bertz CT molecular complexity index is 701. The molecule has 0 aromatic heterocycles. The molecular formula is C15H24ClN3O4S. The van der Waals surface area contributed by atoms with E-state index in [1.807, 2.05) is 0 Å². The third-order valence-electron chi connectivity index (χ3n) is 4.04. The maximum Gasteiger partial charge on any atom is 0.244 e. The molecule has 1 aliphatic rings. The Morgan fingerprint density at radius 2 is 1.88 bits per heavy atom. The summed E-state index contributed by atoms with van der Waals surface area (Å²) in [5.41, 5.74) is 6.18. The number of carbonyl (C=O) groups excluding carboxylic acids is 1. The van der Waals surface area contributed by atoms with Crippen molar-refractivity contribution in [1.29, 1.82) is 0 Å². The molecule has 0 radical (unpaired) electrons. The highest BCUT2D eigenvalue weighted by atomic mass is 35.5. The largest absolute Gasteiger partial charge is 0.381 e. The molecule has 1 amide bonds. The van der Waals surface area contributed by atoms with Crippen molar-refractivity contribution < 1.29 is 17.9 Å². The number of nitrogens with zero attached hydrogens (tertiary/aromatic N) is 1. The van der Waals surface area contributed by atoms with Gasteiger partial charge in [-0.25, -0.2) is 12.7 Å². The number of amides is 1. The summed E-state index contributed by atoms with van der Waals surface area (Å²) in [6.07, 6.45) is 0.876. The first-order valence-electron chi connectivity index (χ1n) is 7.38. The number of aryl methyl sites for hydroxylation is 1. The molecule has 0 bridgehead atoms. The molecule has 9 heteroatoms. The van der Waals surface area contributed by atoms with E-state index in [1.54, 1.807) is 19.1 Å². The fourth-order valence-electron chi connectivity index (χ4n) is 2.37. The molecule has 24 heavy (non-hydrogen) atoms. The van der Waals surface area contributed by atoms with Gasteiger partial charge in [-0.05, 0) is 37.5 Å². The zero-order valence-corrected chi connectivity index (χ0v) is 15.7. The number of nitrogens with one attached hydrogen (secondary N) is 1. The lowest BCUT2D eigenvalue weighted by Crippen LogP contribution is -2.54. The van der Waals surface area contributed by atoms with Crippen LogP contribution in [-0.4, -0.2) is 51.5 Å². The van der Waals surface area contributed by atoms with E-state index in [9.17, 15) is 13.2 Å². The molecule has 1 fully saturated rings. The molecule has 0 aliphatic carbocycles. The van der Waals surface area contributed by atoms with Gasteiger partial charge in [0, 0.05) is 33.0 Å². The first kappa shape index (κ1) is 20.9. The van der Waals surface area contributed by atoms with E-state index in [1.165, 1.54) is 20.2 Å². The van der Waals surface area contributed by atoms with E-state index in [2.05, 4.69) is 5.32 Å². The number of halogens is 1. The van der Waals surface area contributed by atoms with E-state index in [0.29, 0.717) is 37.3 Å². The van der Waals surface area contributed by atoms with Crippen LogP contribution in [0.15, 0.2) is 23.1 Å². The Balaban J connectivity index is 0.00000288.